The van der Waals surface area contributed by atoms with E-state index < -0.39 is 0 Å². The number of nitrogens with zero attached hydrogens (tertiary/aromatic N) is 3. The van der Waals surface area contributed by atoms with E-state index in [1.807, 2.05) is 25.2 Å². The maximum absolute atomic E-state index is 8.88. The maximum Gasteiger partial charge on any atom is 0.183 e. The molecule has 0 aliphatic carbocycles. The molecule has 0 bridgehead atoms. The van der Waals surface area contributed by atoms with Crippen LogP contribution in [0.4, 0.5) is 5.82 Å². The molecule has 1 heterocycles. The zero-order valence-electron chi connectivity index (χ0n) is 9.94. The van der Waals surface area contributed by atoms with Gasteiger partial charge < -0.3 is 10.3 Å². The molecule has 0 amide bonds. The second-order valence-electron chi connectivity index (χ2n) is 3.89. The topological polar surface area (TPSA) is 67.6 Å². The number of hydrogen-bond acceptors (Lipinski definition) is 3. The molecule has 86 valence electrons. The molecule has 0 unspecified atom stereocenters. The van der Waals surface area contributed by atoms with E-state index in [1.54, 1.807) is 4.57 Å². The number of rotatable bonds is 2. The van der Waals surface area contributed by atoms with Gasteiger partial charge in [0.05, 0.1) is 0 Å². The van der Waals surface area contributed by atoms with Crippen molar-refractivity contribution in [1.82, 2.24) is 9.55 Å². The van der Waals surface area contributed by atoms with Gasteiger partial charge in [-0.1, -0.05) is 31.2 Å². The van der Waals surface area contributed by atoms with E-state index >= 15 is 0 Å². The minimum Gasteiger partial charge on any atom is -0.383 e. The molecule has 2 N–H and O–H groups in total. The van der Waals surface area contributed by atoms with Crippen molar-refractivity contribution in [3.05, 3.63) is 35.5 Å². The smallest absolute Gasteiger partial charge is 0.183 e. The Hall–Kier alpha value is -2.28. The van der Waals surface area contributed by atoms with Gasteiger partial charge in [0.25, 0.3) is 0 Å². The summed E-state index contributed by atoms with van der Waals surface area (Å²) in [5, 5.41) is 8.88. The van der Waals surface area contributed by atoms with Crippen LogP contribution in [-0.2, 0) is 13.5 Å². The Bertz CT molecular complexity index is 573. The summed E-state index contributed by atoms with van der Waals surface area (Å²) >= 11 is 0. The first-order valence-corrected chi connectivity index (χ1v) is 5.49. The lowest BCUT2D eigenvalue weighted by atomic mass is 10.1. The molecule has 0 aliphatic heterocycles. The van der Waals surface area contributed by atoms with Gasteiger partial charge in [0.2, 0.25) is 0 Å². The maximum atomic E-state index is 8.88. The lowest BCUT2D eigenvalue weighted by Crippen LogP contribution is -1.98. The first kappa shape index (κ1) is 11.2. The molecule has 1 aromatic heterocycles. The van der Waals surface area contributed by atoms with Gasteiger partial charge in [-0.25, -0.2) is 4.98 Å². The van der Waals surface area contributed by atoms with E-state index in [1.165, 1.54) is 5.56 Å². The number of imidazole rings is 1. The highest BCUT2D eigenvalue weighted by molar-refractivity contribution is 5.62. The number of hydrogen-bond donors (Lipinski definition) is 1. The van der Waals surface area contributed by atoms with Crippen LogP contribution >= 0.6 is 0 Å². The average Bonchev–Trinajstić information content (AvgIpc) is 2.66. The summed E-state index contributed by atoms with van der Waals surface area (Å²) in [5.41, 5.74) is 8.31. The van der Waals surface area contributed by atoms with Gasteiger partial charge >= 0.3 is 0 Å². The van der Waals surface area contributed by atoms with Gasteiger partial charge in [-0.3, -0.25) is 0 Å². The summed E-state index contributed by atoms with van der Waals surface area (Å²) in [6.45, 7) is 2.11. The van der Waals surface area contributed by atoms with Crippen molar-refractivity contribution < 1.29 is 0 Å². The standard InChI is InChI=1S/C13H14N4/c1-3-9-4-6-10(7-5-9)13-16-11(8-14)12(15)17(13)2/h4-7H,3,15H2,1-2H3. The van der Waals surface area contributed by atoms with Gasteiger partial charge in [0, 0.05) is 12.6 Å². The third kappa shape index (κ3) is 1.87. The molecule has 2 aromatic rings. The number of benzene rings is 1. The number of nitrogens with two attached hydrogens (primary N) is 1. The Morgan fingerprint density at radius 2 is 2.00 bits per heavy atom. The van der Waals surface area contributed by atoms with Crippen molar-refractivity contribution in [2.75, 3.05) is 5.73 Å². The molecule has 0 saturated carbocycles. The SMILES string of the molecule is CCc1ccc(-c2nc(C#N)c(N)n2C)cc1. The van der Waals surface area contributed by atoms with Crippen LogP contribution in [0.2, 0.25) is 0 Å². The summed E-state index contributed by atoms with van der Waals surface area (Å²) in [6.07, 6.45) is 1.01. The van der Waals surface area contributed by atoms with E-state index in [2.05, 4.69) is 24.0 Å². The van der Waals surface area contributed by atoms with Crippen LogP contribution < -0.4 is 5.73 Å². The van der Waals surface area contributed by atoms with Crippen molar-refractivity contribution in [2.45, 2.75) is 13.3 Å². The fourth-order valence-electron chi connectivity index (χ4n) is 1.74. The Morgan fingerprint density at radius 3 is 2.47 bits per heavy atom. The lowest BCUT2D eigenvalue weighted by Gasteiger charge is -2.03. The van der Waals surface area contributed by atoms with Gasteiger partial charge in [0.15, 0.2) is 5.69 Å². The largest absolute Gasteiger partial charge is 0.383 e. The fourth-order valence-corrected chi connectivity index (χ4v) is 1.74. The van der Waals surface area contributed by atoms with Crippen LogP contribution in [-0.4, -0.2) is 9.55 Å². The lowest BCUT2D eigenvalue weighted by molar-refractivity contribution is 0.936. The summed E-state index contributed by atoms with van der Waals surface area (Å²) in [7, 11) is 1.81. The second-order valence-corrected chi connectivity index (χ2v) is 3.89. The van der Waals surface area contributed by atoms with Crippen LogP contribution in [0.5, 0.6) is 0 Å². The average molecular weight is 226 g/mol. The molecule has 17 heavy (non-hydrogen) atoms. The van der Waals surface area contributed by atoms with E-state index in [-0.39, 0.29) is 5.69 Å². The highest BCUT2D eigenvalue weighted by Gasteiger charge is 2.12. The molecule has 0 aliphatic rings. The third-order valence-corrected chi connectivity index (χ3v) is 2.87. The molecule has 0 fully saturated rings. The molecule has 1 aromatic carbocycles. The summed E-state index contributed by atoms with van der Waals surface area (Å²) in [5.74, 6) is 1.13. The van der Waals surface area contributed by atoms with E-state index in [4.69, 9.17) is 11.0 Å². The van der Waals surface area contributed by atoms with Gasteiger partial charge in [-0.05, 0) is 12.0 Å². The molecule has 4 heteroatoms. The van der Waals surface area contributed by atoms with Crippen LogP contribution in [0, 0.1) is 11.3 Å². The van der Waals surface area contributed by atoms with Gasteiger partial charge in [-0.15, -0.1) is 0 Å². The molecule has 0 atom stereocenters. The Labute approximate surface area is 100 Å². The van der Waals surface area contributed by atoms with Crippen LogP contribution in [0.25, 0.3) is 11.4 Å². The van der Waals surface area contributed by atoms with E-state index in [0.29, 0.717) is 5.82 Å². The quantitative estimate of drug-likeness (QED) is 0.852. The number of anilines is 1. The normalized spacial score (nSPS) is 10.2. The third-order valence-electron chi connectivity index (χ3n) is 2.87. The Kier molecular flexibility index (Phi) is 2.84. The number of aryl methyl sites for hydroxylation is 1. The van der Waals surface area contributed by atoms with Crippen molar-refractivity contribution in [3.63, 3.8) is 0 Å². The number of nitrogen functional groups attached to an aromatic ring is 1. The minimum atomic E-state index is 0.280. The fraction of sp³-hybridized carbons (Fsp3) is 0.231. The first-order valence-electron chi connectivity index (χ1n) is 5.49. The highest BCUT2D eigenvalue weighted by atomic mass is 15.1. The zero-order valence-corrected chi connectivity index (χ0v) is 9.94. The minimum absolute atomic E-state index is 0.280. The van der Waals surface area contributed by atoms with Crippen LogP contribution in [0.15, 0.2) is 24.3 Å². The Morgan fingerprint density at radius 1 is 1.35 bits per heavy atom. The van der Waals surface area contributed by atoms with Crippen molar-refractivity contribution in [2.24, 2.45) is 7.05 Å². The summed E-state index contributed by atoms with van der Waals surface area (Å²) < 4.78 is 1.74. The van der Waals surface area contributed by atoms with Gasteiger partial charge in [-0.2, -0.15) is 5.26 Å². The first-order chi connectivity index (χ1) is 8.17. The van der Waals surface area contributed by atoms with Gasteiger partial charge in [0.1, 0.15) is 17.7 Å². The molecule has 2 rings (SSSR count). The number of aromatic nitrogens is 2. The molecule has 0 saturated heterocycles. The summed E-state index contributed by atoms with van der Waals surface area (Å²) in [6, 6.07) is 10.1. The van der Waals surface area contributed by atoms with E-state index in [0.717, 1.165) is 17.8 Å². The molecular formula is C13H14N4. The summed E-state index contributed by atoms with van der Waals surface area (Å²) in [4.78, 5) is 4.23. The highest BCUT2D eigenvalue weighted by Crippen LogP contribution is 2.22. The zero-order chi connectivity index (χ0) is 12.4. The molecule has 4 nitrogen and oxygen atoms in total. The molecular weight excluding hydrogens is 212 g/mol. The van der Waals surface area contributed by atoms with Crippen LogP contribution in [0.3, 0.4) is 0 Å². The van der Waals surface area contributed by atoms with Crippen molar-refractivity contribution in [1.29, 1.82) is 5.26 Å². The van der Waals surface area contributed by atoms with Crippen molar-refractivity contribution >= 4 is 5.82 Å². The Balaban J connectivity index is 2.50. The number of nitriles is 1. The van der Waals surface area contributed by atoms with E-state index in [9.17, 15) is 0 Å². The predicted octanol–water partition coefficient (Wildman–Crippen LogP) is 2.10. The molecule has 0 radical (unpaired) electrons. The second kappa shape index (κ2) is 4.30. The predicted molar refractivity (Wildman–Crippen MR) is 67.1 cm³/mol. The van der Waals surface area contributed by atoms with Crippen molar-refractivity contribution in [3.8, 4) is 17.5 Å². The van der Waals surface area contributed by atoms with Crippen LogP contribution in [0.1, 0.15) is 18.2 Å². The monoisotopic (exact) mass is 226 g/mol. The molecule has 0 spiro atoms.